The smallest absolute Gasteiger partial charge is 0.348 e. The van der Waals surface area contributed by atoms with Gasteiger partial charge < -0.3 is 15.2 Å². The van der Waals surface area contributed by atoms with Crippen molar-refractivity contribution in [1.82, 2.24) is 9.55 Å². The summed E-state index contributed by atoms with van der Waals surface area (Å²) in [5, 5.41) is 12.4. The number of anilines is 1. The fourth-order valence-corrected chi connectivity index (χ4v) is 4.34. The fraction of sp³-hybridized carbons (Fsp3) is 0.429. The average Bonchev–Trinajstić information content (AvgIpc) is 3.22. The molecule has 0 aliphatic heterocycles. The molecule has 1 aromatic carbocycles. The van der Waals surface area contributed by atoms with Crippen LogP contribution in [0.15, 0.2) is 34.1 Å². The molecule has 0 saturated heterocycles. The van der Waals surface area contributed by atoms with E-state index in [0.29, 0.717) is 29.2 Å². The molecule has 0 atom stereocenters. The first-order valence-corrected chi connectivity index (χ1v) is 11.0. The van der Waals surface area contributed by atoms with Crippen molar-refractivity contribution in [2.75, 3.05) is 24.3 Å². The van der Waals surface area contributed by atoms with Crippen molar-refractivity contribution in [3.63, 3.8) is 0 Å². The largest absolute Gasteiger partial charge is 0.462 e. The monoisotopic (exact) mass is 431 g/mol. The Balaban J connectivity index is 1.71. The number of carbonyl (C=O) groups is 2. The number of aliphatic hydroxyl groups is 1. The van der Waals surface area contributed by atoms with E-state index in [9.17, 15) is 14.4 Å². The molecule has 9 heteroatoms. The lowest BCUT2D eigenvalue weighted by Crippen LogP contribution is -2.28. The molecule has 1 aromatic heterocycles. The van der Waals surface area contributed by atoms with E-state index in [2.05, 4.69) is 10.3 Å². The first-order valence-electron chi connectivity index (χ1n) is 9.97. The first-order chi connectivity index (χ1) is 14.5. The number of ether oxygens (including phenoxy) is 1. The zero-order valence-electron chi connectivity index (χ0n) is 16.8. The second-order valence-electron chi connectivity index (χ2n) is 6.81. The van der Waals surface area contributed by atoms with Crippen molar-refractivity contribution in [2.24, 2.45) is 0 Å². The number of aliphatic hydroxyl groups excluding tert-OH is 1. The van der Waals surface area contributed by atoms with E-state index in [1.165, 1.54) is 11.8 Å². The minimum atomic E-state index is -0.493. The third kappa shape index (κ3) is 5.09. The van der Waals surface area contributed by atoms with Gasteiger partial charge in [-0.3, -0.25) is 9.36 Å². The van der Waals surface area contributed by atoms with Crippen LogP contribution in [0.4, 0.5) is 5.69 Å². The lowest BCUT2D eigenvalue weighted by molar-refractivity contribution is -0.113. The number of amides is 1. The summed E-state index contributed by atoms with van der Waals surface area (Å²) in [5.41, 5.74) is 2.30. The number of carbonyl (C=O) groups excluding carboxylic acids is 2. The van der Waals surface area contributed by atoms with Gasteiger partial charge in [-0.2, -0.15) is 4.98 Å². The standard InChI is InChI=1S/C21H25N3O5S/c1-2-29-20(27)14-7-3-4-9-16(14)22-18(26)13-30-19-15-8-5-10-17(15)24(11-6-12-25)21(28)23-19/h3-4,7,9,25H,2,5-6,8,10-13H2,1H3,(H,22,26). The number of aromatic nitrogens is 2. The van der Waals surface area contributed by atoms with Crippen LogP contribution in [0.25, 0.3) is 0 Å². The van der Waals surface area contributed by atoms with Gasteiger partial charge in [0.15, 0.2) is 0 Å². The molecule has 160 valence electrons. The van der Waals surface area contributed by atoms with Crippen LogP contribution in [0.2, 0.25) is 0 Å². The van der Waals surface area contributed by atoms with Crippen LogP contribution in [0, 0.1) is 0 Å². The molecule has 30 heavy (non-hydrogen) atoms. The van der Waals surface area contributed by atoms with E-state index in [1.807, 2.05) is 0 Å². The van der Waals surface area contributed by atoms with Crippen LogP contribution in [0.5, 0.6) is 0 Å². The molecule has 8 nitrogen and oxygen atoms in total. The molecule has 2 aromatic rings. The van der Waals surface area contributed by atoms with Crippen molar-refractivity contribution < 1.29 is 19.4 Å². The maximum atomic E-state index is 12.5. The zero-order chi connectivity index (χ0) is 21.5. The van der Waals surface area contributed by atoms with Crippen LogP contribution in [0.3, 0.4) is 0 Å². The quantitative estimate of drug-likeness (QED) is 0.355. The molecular formula is C21H25N3O5S. The molecule has 0 bridgehead atoms. The topological polar surface area (TPSA) is 111 Å². The van der Waals surface area contributed by atoms with Crippen molar-refractivity contribution in [3.05, 3.63) is 51.6 Å². The van der Waals surface area contributed by atoms with Gasteiger partial charge in [-0.15, -0.1) is 0 Å². The highest BCUT2D eigenvalue weighted by Gasteiger charge is 2.22. The number of thioether (sulfide) groups is 1. The summed E-state index contributed by atoms with van der Waals surface area (Å²) in [5.74, 6) is -0.724. The number of hydrogen-bond acceptors (Lipinski definition) is 7. The summed E-state index contributed by atoms with van der Waals surface area (Å²) in [6, 6.07) is 6.68. The second-order valence-corrected chi connectivity index (χ2v) is 7.77. The molecule has 0 saturated carbocycles. The number of para-hydroxylation sites is 1. The van der Waals surface area contributed by atoms with Crippen LogP contribution >= 0.6 is 11.8 Å². The number of nitrogens with zero attached hydrogens (tertiary/aromatic N) is 2. The summed E-state index contributed by atoms with van der Waals surface area (Å²) in [7, 11) is 0. The molecule has 1 aliphatic carbocycles. The van der Waals surface area contributed by atoms with Gasteiger partial charge >= 0.3 is 11.7 Å². The van der Waals surface area contributed by atoms with Crippen molar-refractivity contribution in [2.45, 2.75) is 44.2 Å². The number of esters is 1. The van der Waals surface area contributed by atoms with Gasteiger partial charge in [0, 0.05) is 24.4 Å². The highest BCUT2D eigenvalue weighted by atomic mass is 32.2. The summed E-state index contributed by atoms with van der Waals surface area (Å²) in [4.78, 5) is 41.2. The molecule has 1 heterocycles. The summed E-state index contributed by atoms with van der Waals surface area (Å²) >= 11 is 1.22. The molecule has 2 N–H and O–H groups in total. The maximum Gasteiger partial charge on any atom is 0.348 e. The lowest BCUT2D eigenvalue weighted by atomic mass is 10.2. The third-order valence-electron chi connectivity index (χ3n) is 4.78. The molecule has 0 unspecified atom stereocenters. The number of hydrogen-bond donors (Lipinski definition) is 2. The van der Waals surface area contributed by atoms with Crippen LogP contribution < -0.4 is 11.0 Å². The van der Waals surface area contributed by atoms with E-state index in [1.54, 1.807) is 35.8 Å². The molecule has 1 aliphatic rings. The Morgan fingerprint density at radius 1 is 1.30 bits per heavy atom. The summed E-state index contributed by atoms with van der Waals surface area (Å²) < 4.78 is 6.66. The van der Waals surface area contributed by atoms with Gasteiger partial charge in [0.25, 0.3) is 0 Å². The van der Waals surface area contributed by atoms with Crippen LogP contribution in [-0.2, 0) is 28.9 Å². The van der Waals surface area contributed by atoms with E-state index >= 15 is 0 Å². The Morgan fingerprint density at radius 2 is 2.10 bits per heavy atom. The maximum absolute atomic E-state index is 12.5. The van der Waals surface area contributed by atoms with Crippen molar-refractivity contribution in [3.8, 4) is 0 Å². The normalized spacial score (nSPS) is 12.5. The van der Waals surface area contributed by atoms with Crippen molar-refractivity contribution >= 4 is 29.3 Å². The van der Waals surface area contributed by atoms with Gasteiger partial charge in [0.05, 0.1) is 23.6 Å². The second kappa shape index (κ2) is 10.4. The lowest BCUT2D eigenvalue weighted by Gasteiger charge is -2.14. The van der Waals surface area contributed by atoms with Gasteiger partial charge in [0.1, 0.15) is 5.03 Å². The Morgan fingerprint density at radius 3 is 2.87 bits per heavy atom. The highest BCUT2D eigenvalue weighted by molar-refractivity contribution is 8.00. The highest BCUT2D eigenvalue weighted by Crippen LogP contribution is 2.29. The Hall–Kier alpha value is -2.65. The predicted molar refractivity (Wildman–Crippen MR) is 114 cm³/mol. The minimum absolute atomic E-state index is 0.0190. The molecule has 0 radical (unpaired) electrons. The summed E-state index contributed by atoms with van der Waals surface area (Å²) in [6.07, 6.45) is 3.05. The van der Waals surface area contributed by atoms with Gasteiger partial charge in [-0.1, -0.05) is 23.9 Å². The van der Waals surface area contributed by atoms with E-state index in [-0.39, 0.29) is 30.6 Å². The summed E-state index contributed by atoms with van der Waals surface area (Å²) in [6.45, 7) is 2.43. The fourth-order valence-electron chi connectivity index (χ4n) is 3.46. The zero-order valence-corrected chi connectivity index (χ0v) is 17.7. The Labute approximate surface area is 178 Å². The Bertz CT molecular complexity index is 989. The number of fused-ring (bicyclic) bond motifs is 1. The van der Waals surface area contributed by atoms with Crippen LogP contribution in [0.1, 0.15) is 41.4 Å². The Kier molecular flexibility index (Phi) is 7.64. The SMILES string of the molecule is CCOC(=O)c1ccccc1NC(=O)CSc1nc(=O)n(CCCO)c2c1CCC2. The van der Waals surface area contributed by atoms with Gasteiger partial charge in [-0.05, 0) is 44.7 Å². The number of nitrogens with one attached hydrogen (secondary N) is 1. The number of rotatable bonds is 9. The molecule has 3 rings (SSSR count). The van der Waals surface area contributed by atoms with Crippen molar-refractivity contribution in [1.29, 1.82) is 0 Å². The third-order valence-corrected chi connectivity index (χ3v) is 5.79. The first kappa shape index (κ1) is 22.0. The van der Waals surface area contributed by atoms with E-state index in [4.69, 9.17) is 9.84 Å². The predicted octanol–water partition coefficient (Wildman–Crippen LogP) is 2.02. The van der Waals surface area contributed by atoms with E-state index in [0.717, 1.165) is 30.5 Å². The molecule has 0 spiro atoms. The molecule has 1 amide bonds. The number of benzene rings is 1. The van der Waals surface area contributed by atoms with Gasteiger partial charge in [-0.25, -0.2) is 9.59 Å². The van der Waals surface area contributed by atoms with Gasteiger partial charge in [0.2, 0.25) is 5.91 Å². The molecular weight excluding hydrogens is 406 g/mol. The van der Waals surface area contributed by atoms with E-state index < -0.39 is 5.97 Å². The minimum Gasteiger partial charge on any atom is -0.462 e. The molecule has 0 fully saturated rings. The average molecular weight is 432 g/mol. The van der Waals surface area contributed by atoms with Crippen LogP contribution in [-0.4, -0.2) is 45.5 Å².